The third kappa shape index (κ3) is 2.62. The number of amides is 1. The number of hydrogen-bond acceptors (Lipinski definition) is 4. The summed E-state index contributed by atoms with van der Waals surface area (Å²) < 4.78 is 1.13. The zero-order valence-electron chi connectivity index (χ0n) is 10.9. The van der Waals surface area contributed by atoms with Crippen molar-refractivity contribution < 1.29 is 4.79 Å². The summed E-state index contributed by atoms with van der Waals surface area (Å²) in [6, 6.07) is 6.11. The second-order valence-electron chi connectivity index (χ2n) is 4.95. The van der Waals surface area contributed by atoms with Gasteiger partial charge in [0, 0.05) is 5.92 Å². The Morgan fingerprint density at radius 1 is 1.42 bits per heavy atom. The lowest BCUT2D eigenvalue weighted by Gasteiger charge is -2.20. The molecule has 1 fully saturated rings. The fourth-order valence-electron chi connectivity index (χ4n) is 2.43. The number of benzene rings is 1. The highest BCUT2D eigenvalue weighted by atomic mass is 32.1. The molecule has 0 saturated carbocycles. The van der Waals surface area contributed by atoms with Crippen molar-refractivity contribution in [2.24, 2.45) is 5.92 Å². The second kappa shape index (κ2) is 5.27. The van der Waals surface area contributed by atoms with Gasteiger partial charge in [-0.3, -0.25) is 4.79 Å². The van der Waals surface area contributed by atoms with Crippen LogP contribution < -0.4 is 10.6 Å². The van der Waals surface area contributed by atoms with Crippen molar-refractivity contribution in [3.05, 3.63) is 23.8 Å². The zero-order valence-corrected chi connectivity index (χ0v) is 11.7. The summed E-state index contributed by atoms with van der Waals surface area (Å²) in [5.41, 5.74) is 2.14. The first-order valence-electron chi connectivity index (χ1n) is 6.62. The van der Waals surface area contributed by atoms with Crippen molar-refractivity contribution in [3.8, 4) is 0 Å². The van der Waals surface area contributed by atoms with Crippen LogP contribution >= 0.6 is 11.3 Å². The number of para-hydroxylation sites is 1. The molecule has 1 amide bonds. The maximum Gasteiger partial charge on any atom is 0.229 e. The number of aryl methyl sites for hydroxylation is 1. The van der Waals surface area contributed by atoms with E-state index in [1.807, 2.05) is 25.1 Å². The third-order valence-corrected chi connectivity index (χ3v) is 4.50. The molecule has 0 aliphatic carbocycles. The van der Waals surface area contributed by atoms with Gasteiger partial charge in [0.25, 0.3) is 0 Å². The molecule has 2 aromatic rings. The number of thiazole rings is 1. The number of rotatable bonds is 2. The summed E-state index contributed by atoms with van der Waals surface area (Å²) in [5, 5.41) is 6.95. The fraction of sp³-hybridized carbons (Fsp3) is 0.429. The van der Waals surface area contributed by atoms with E-state index in [1.165, 1.54) is 0 Å². The molecule has 1 aliphatic heterocycles. The van der Waals surface area contributed by atoms with E-state index in [1.54, 1.807) is 11.3 Å². The average Bonchev–Trinajstić information content (AvgIpc) is 2.84. The van der Waals surface area contributed by atoms with E-state index in [2.05, 4.69) is 15.6 Å². The first-order chi connectivity index (χ1) is 9.24. The zero-order chi connectivity index (χ0) is 13.2. The van der Waals surface area contributed by atoms with Gasteiger partial charge in [0.2, 0.25) is 5.91 Å². The fourth-order valence-corrected chi connectivity index (χ4v) is 3.38. The van der Waals surface area contributed by atoms with Crippen LogP contribution in [0.2, 0.25) is 0 Å². The molecule has 2 heterocycles. The van der Waals surface area contributed by atoms with Gasteiger partial charge in [0.05, 0.1) is 10.2 Å². The highest BCUT2D eigenvalue weighted by Crippen LogP contribution is 2.28. The largest absolute Gasteiger partial charge is 0.317 e. The van der Waals surface area contributed by atoms with Gasteiger partial charge >= 0.3 is 0 Å². The molecular formula is C14H17N3OS. The molecule has 1 aromatic heterocycles. The minimum absolute atomic E-state index is 0.109. The van der Waals surface area contributed by atoms with Crippen molar-refractivity contribution in [3.63, 3.8) is 0 Å². The van der Waals surface area contributed by atoms with Gasteiger partial charge in [-0.2, -0.15) is 0 Å². The Labute approximate surface area is 116 Å². The minimum Gasteiger partial charge on any atom is -0.317 e. The van der Waals surface area contributed by atoms with Crippen molar-refractivity contribution >= 4 is 32.6 Å². The van der Waals surface area contributed by atoms with Gasteiger partial charge in [0.1, 0.15) is 0 Å². The predicted octanol–water partition coefficient (Wildman–Crippen LogP) is 2.54. The van der Waals surface area contributed by atoms with Crippen LogP contribution in [0.5, 0.6) is 0 Å². The Kier molecular flexibility index (Phi) is 3.48. The number of carbonyl (C=O) groups excluding carboxylic acids is 1. The smallest absolute Gasteiger partial charge is 0.229 e. The summed E-state index contributed by atoms with van der Waals surface area (Å²) in [6.45, 7) is 3.90. The first-order valence-corrected chi connectivity index (χ1v) is 7.43. The molecule has 0 atom stereocenters. The molecule has 0 spiro atoms. The number of fused-ring (bicyclic) bond motifs is 1. The lowest BCUT2D eigenvalue weighted by molar-refractivity contribution is -0.120. The van der Waals surface area contributed by atoms with Gasteiger partial charge in [-0.25, -0.2) is 4.98 Å². The predicted molar refractivity (Wildman–Crippen MR) is 78.6 cm³/mol. The van der Waals surface area contributed by atoms with Crippen LogP contribution in [0.25, 0.3) is 10.2 Å². The number of piperidine rings is 1. The second-order valence-corrected chi connectivity index (χ2v) is 5.98. The third-order valence-electron chi connectivity index (χ3n) is 3.56. The quantitative estimate of drug-likeness (QED) is 0.885. The van der Waals surface area contributed by atoms with Crippen LogP contribution in [0.1, 0.15) is 18.4 Å². The summed E-state index contributed by atoms with van der Waals surface area (Å²) >= 11 is 1.55. The monoisotopic (exact) mass is 275 g/mol. The summed E-state index contributed by atoms with van der Waals surface area (Å²) in [5.74, 6) is 0.229. The molecule has 0 unspecified atom stereocenters. The Morgan fingerprint density at radius 2 is 2.21 bits per heavy atom. The van der Waals surface area contributed by atoms with Crippen molar-refractivity contribution in [1.29, 1.82) is 0 Å². The molecule has 1 aliphatic rings. The Morgan fingerprint density at radius 3 is 2.95 bits per heavy atom. The summed E-state index contributed by atoms with van der Waals surface area (Å²) in [7, 11) is 0. The molecule has 19 heavy (non-hydrogen) atoms. The van der Waals surface area contributed by atoms with E-state index >= 15 is 0 Å². The lowest BCUT2D eigenvalue weighted by Crippen LogP contribution is -2.34. The van der Waals surface area contributed by atoms with E-state index in [9.17, 15) is 4.79 Å². The number of aromatic nitrogens is 1. The number of carbonyl (C=O) groups is 1. The molecule has 4 nitrogen and oxygen atoms in total. The summed E-state index contributed by atoms with van der Waals surface area (Å²) in [6.07, 6.45) is 1.82. The van der Waals surface area contributed by atoms with Gasteiger partial charge in [-0.15, -0.1) is 0 Å². The van der Waals surface area contributed by atoms with Gasteiger partial charge in [-0.1, -0.05) is 23.5 Å². The molecule has 100 valence electrons. The van der Waals surface area contributed by atoms with E-state index in [0.29, 0.717) is 5.13 Å². The molecular weight excluding hydrogens is 258 g/mol. The van der Waals surface area contributed by atoms with Crippen LogP contribution in [0, 0.1) is 12.8 Å². The molecule has 2 N–H and O–H groups in total. The molecule has 3 rings (SSSR count). The minimum atomic E-state index is 0.109. The van der Waals surface area contributed by atoms with Gasteiger partial charge < -0.3 is 10.6 Å². The van der Waals surface area contributed by atoms with E-state index in [-0.39, 0.29) is 11.8 Å². The maximum atomic E-state index is 12.2. The topological polar surface area (TPSA) is 54.0 Å². The Balaban J connectivity index is 1.77. The van der Waals surface area contributed by atoms with Crippen LogP contribution in [0.15, 0.2) is 18.2 Å². The summed E-state index contributed by atoms with van der Waals surface area (Å²) in [4.78, 5) is 16.7. The first kappa shape index (κ1) is 12.6. The normalized spacial score (nSPS) is 16.7. The van der Waals surface area contributed by atoms with Crippen molar-refractivity contribution in [2.75, 3.05) is 18.4 Å². The van der Waals surface area contributed by atoms with E-state index in [4.69, 9.17) is 0 Å². The molecule has 1 saturated heterocycles. The van der Waals surface area contributed by atoms with E-state index in [0.717, 1.165) is 41.7 Å². The number of nitrogens with zero attached hydrogens (tertiary/aromatic N) is 1. The van der Waals surface area contributed by atoms with Gasteiger partial charge in [0.15, 0.2) is 5.13 Å². The molecule has 0 bridgehead atoms. The number of nitrogens with one attached hydrogen (secondary N) is 2. The highest BCUT2D eigenvalue weighted by molar-refractivity contribution is 7.22. The number of hydrogen-bond donors (Lipinski definition) is 2. The van der Waals surface area contributed by atoms with Crippen molar-refractivity contribution in [1.82, 2.24) is 10.3 Å². The highest BCUT2D eigenvalue weighted by Gasteiger charge is 2.21. The van der Waals surface area contributed by atoms with Crippen LogP contribution in [0.3, 0.4) is 0 Å². The molecule has 0 radical (unpaired) electrons. The standard InChI is InChI=1S/C14H17N3OS/c1-9-3-2-4-11-12(9)16-14(19-11)17-13(18)10-5-7-15-8-6-10/h2-4,10,15H,5-8H2,1H3,(H,16,17,18). The molecule has 5 heteroatoms. The van der Waals surface area contributed by atoms with Crippen molar-refractivity contribution in [2.45, 2.75) is 19.8 Å². The molecule has 1 aromatic carbocycles. The number of anilines is 1. The SMILES string of the molecule is Cc1cccc2sc(NC(=O)C3CCNCC3)nc12. The van der Waals surface area contributed by atoms with Gasteiger partial charge in [-0.05, 0) is 44.5 Å². The maximum absolute atomic E-state index is 12.2. The lowest BCUT2D eigenvalue weighted by atomic mass is 9.97. The van der Waals surface area contributed by atoms with E-state index < -0.39 is 0 Å². The van der Waals surface area contributed by atoms with Crippen LogP contribution in [-0.2, 0) is 4.79 Å². The van der Waals surface area contributed by atoms with Crippen LogP contribution in [-0.4, -0.2) is 24.0 Å². The Bertz CT molecular complexity index is 602. The Hall–Kier alpha value is -1.46. The average molecular weight is 275 g/mol. The van der Waals surface area contributed by atoms with Crippen LogP contribution in [0.4, 0.5) is 5.13 Å².